The summed E-state index contributed by atoms with van der Waals surface area (Å²) in [6.45, 7) is 4.49. The Bertz CT molecular complexity index is 651. The Labute approximate surface area is 148 Å². The topological polar surface area (TPSA) is 88.5 Å². The van der Waals surface area contributed by atoms with Crippen molar-refractivity contribution in [2.24, 2.45) is 11.8 Å². The second kappa shape index (κ2) is 7.42. The SMILES string of the molecule is CC(C)C[C@H](NC(=O)c1ccc(C2CC2)c(OCC2CC2)n1)C(=O)O. The van der Waals surface area contributed by atoms with E-state index >= 15 is 0 Å². The highest BCUT2D eigenvalue weighted by Gasteiger charge is 2.30. The molecule has 2 aliphatic carbocycles. The molecule has 2 saturated carbocycles. The number of ether oxygens (including phenoxy) is 1. The van der Waals surface area contributed by atoms with Crippen LogP contribution in [-0.4, -0.2) is 34.6 Å². The molecule has 0 saturated heterocycles. The molecule has 0 radical (unpaired) electrons. The lowest BCUT2D eigenvalue weighted by molar-refractivity contribution is -0.139. The maximum Gasteiger partial charge on any atom is 0.326 e. The first-order valence-electron chi connectivity index (χ1n) is 9.11. The minimum absolute atomic E-state index is 0.170. The van der Waals surface area contributed by atoms with Crippen LogP contribution in [0.1, 0.15) is 67.9 Å². The van der Waals surface area contributed by atoms with Gasteiger partial charge in [0.1, 0.15) is 11.7 Å². The number of carboxylic acid groups (broad SMARTS) is 1. The van der Waals surface area contributed by atoms with Crippen LogP contribution < -0.4 is 10.1 Å². The Kier molecular flexibility index (Phi) is 5.25. The Morgan fingerprint density at radius 3 is 2.56 bits per heavy atom. The molecule has 0 aliphatic heterocycles. The van der Waals surface area contributed by atoms with Crippen molar-refractivity contribution >= 4 is 11.9 Å². The molecule has 2 N–H and O–H groups in total. The largest absolute Gasteiger partial charge is 0.480 e. The first kappa shape index (κ1) is 17.7. The lowest BCUT2D eigenvalue weighted by atomic mass is 10.0. The van der Waals surface area contributed by atoms with E-state index in [1.54, 1.807) is 6.07 Å². The van der Waals surface area contributed by atoms with Crippen LogP contribution in [0.25, 0.3) is 0 Å². The van der Waals surface area contributed by atoms with Gasteiger partial charge in [-0.2, -0.15) is 0 Å². The van der Waals surface area contributed by atoms with Gasteiger partial charge in [0.25, 0.3) is 5.91 Å². The molecule has 1 aromatic heterocycles. The normalized spacial score (nSPS) is 18.0. The lowest BCUT2D eigenvalue weighted by Crippen LogP contribution is -2.42. The van der Waals surface area contributed by atoms with Crippen molar-refractivity contribution in [1.29, 1.82) is 0 Å². The van der Waals surface area contributed by atoms with Crippen molar-refractivity contribution in [3.63, 3.8) is 0 Å². The predicted molar refractivity (Wildman–Crippen MR) is 92.8 cm³/mol. The summed E-state index contributed by atoms with van der Waals surface area (Å²) in [4.78, 5) is 28.2. The third-order valence-corrected chi connectivity index (χ3v) is 4.60. The first-order valence-corrected chi connectivity index (χ1v) is 9.11. The van der Waals surface area contributed by atoms with Gasteiger partial charge in [0.15, 0.2) is 0 Å². The van der Waals surface area contributed by atoms with E-state index in [4.69, 9.17) is 4.74 Å². The summed E-state index contributed by atoms with van der Waals surface area (Å²) >= 11 is 0. The number of aliphatic carboxylic acids is 1. The van der Waals surface area contributed by atoms with Crippen LogP contribution in [-0.2, 0) is 4.79 Å². The smallest absolute Gasteiger partial charge is 0.326 e. The standard InChI is InChI=1S/C19H26N2O4/c1-11(2)9-16(19(23)24)20-17(22)15-8-7-14(13-5-6-13)18(21-15)25-10-12-3-4-12/h7-8,11-13,16H,3-6,9-10H2,1-2H3,(H,20,22)(H,23,24)/t16-/m0/s1. The Morgan fingerprint density at radius 1 is 1.28 bits per heavy atom. The summed E-state index contributed by atoms with van der Waals surface area (Å²) in [5.74, 6) is 0.302. The molecular weight excluding hydrogens is 320 g/mol. The van der Waals surface area contributed by atoms with Gasteiger partial charge in [0.2, 0.25) is 5.88 Å². The van der Waals surface area contributed by atoms with Gasteiger partial charge in [-0.25, -0.2) is 9.78 Å². The van der Waals surface area contributed by atoms with Crippen molar-refractivity contribution < 1.29 is 19.4 Å². The summed E-state index contributed by atoms with van der Waals surface area (Å²) in [7, 11) is 0. The molecule has 25 heavy (non-hydrogen) atoms. The van der Waals surface area contributed by atoms with Gasteiger partial charge in [0, 0.05) is 5.56 Å². The second-order valence-corrected chi connectivity index (χ2v) is 7.61. The molecule has 3 rings (SSSR count). The molecule has 2 aliphatic rings. The van der Waals surface area contributed by atoms with E-state index in [1.165, 1.54) is 12.8 Å². The Morgan fingerprint density at radius 2 is 2.00 bits per heavy atom. The highest BCUT2D eigenvalue weighted by Crippen LogP contribution is 2.44. The number of pyridine rings is 1. The van der Waals surface area contributed by atoms with E-state index in [1.807, 2.05) is 19.9 Å². The number of rotatable bonds is 9. The molecule has 0 aromatic carbocycles. The maximum atomic E-state index is 12.4. The van der Waals surface area contributed by atoms with Crippen LogP contribution >= 0.6 is 0 Å². The van der Waals surface area contributed by atoms with E-state index in [-0.39, 0.29) is 11.6 Å². The molecule has 0 unspecified atom stereocenters. The zero-order valence-corrected chi connectivity index (χ0v) is 14.8. The van der Waals surface area contributed by atoms with E-state index in [0.717, 1.165) is 18.4 Å². The molecular formula is C19H26N2O4. The number of nitrogens with zero attached hydrogens (tertiary/aromatic N) is 1. The summed E-state index contributed by atoms with van der Waals surface area (Å²) in [5.41, 5.74) is 1.28. The summed E-state index contributed by atoms with van der Waals surface area (Å²) < 4.78 is 5.86. The third kappa shape index (κ3) is 4.94. The third-order valence-electron chi connectivity index (χ3n) is 4.60. The number of amides is 1. The van der Waals surface area contributed by atoms with Crippen LogP contribution in [0.3, 0.4) is 0 Å². The molecule has 1 aromatic rings. The fourth-order valence-corrected chi connectivity index (χ4v) is 2.80. The molecule has 0 bridgehead atoms. The highest BCUT2D eigenvalue weighted by atomic mass is 16.5. The second-order valence-electron chi connectivity index (χ2n) is 7.61. The van der Waals surface area contributed by atoms with E-state index < -0.39 is 17.9 Å². The average molecular weight is 346 g/mol. The minimum atomic E-state index is -1.03. The van der Waals surface area contributed by atoms with E-state index in [0.29, 0.717) is 30.7 Å². The first-order chi connectivity index (χ1) is 11.9. The number of nitrogens with one attached hydrogen (secondary N) is 1. The van der Waals surface area contributed by atoms with Gasteiger partial charge in [0.05, 0.1) is 6.61 Å². The lowest BCUT2D eigenvalue weighted by Gasteiger charge is -2.17. The zero-order valence-electron chi connectivity index (χ0n) is 14.8. The van der Waals surface area contributed by atoms with Crippen LogP contribution in [0.15, 0.2) is 12.1 Å². The monoisotopic (exact) mass is 346 g/mol. The molecule has 0 spiro atoms. The predicted octanol–water partition coefficient (Wildman–Crippen LogP) is 2.98. The van der Waals surface area contributed by atoms with Crippen molar-refractivity contribution in [2.75, 3.05) is 6.61 Å². The fourth-order valence-electron chi connectivity index (χ4n) is 2.80. The van der Waals surface area contributed by atoms with Crippen LogP contribution in [0.5, 0.6) is 5.88 Å². The molecule has 6 heteroatoms. The zero-order chi connectivity index (χ0) is 18.0. The van der Waals surface area contributed by atoms with Crippen molar-refractivity contribution in [3.05, 3.63) is 23.4 Å². The number of carbonyl (C=O) groups excluding carboxylic acids is 1. The van der Waals surface area contributed by atoms with Crippen LogP contribution in [0, 0.1) is 11.8 Å². The van der Waals surface area contributed by atoms with E-state index in [9.17, 15) is 14.7 Å². The Balaban J connectivity index is 1.72. The van der Waals surface area contributed by atoms with Gasteiger partial charge in [-0.3, -0.25) is 4.79 Å². The van der Waals surface area contributed by atoms with Gasteiger partial charge in [-0.1, -0.05) is 19.9 Å². The number of carbonyl (C=O) groups is 2. The van der Waals surface area contributed by atoms with Gasteiger partial charge in [-0.15, -0.1) is 0 Å². The van der Waals surface area contributed by atoms with Crippen LogP contribution in [0.2, 0.25) is 0 Å². The van der Waals surface area contributed by atoms with Crippen molar-refractivity contribution in [1.82, 2.24) is 10.3 Å². The highest BCUT2D eigenvalue weighted by molar-refractivity contribution is 5.95. The quantitative estimate of drug-likeness (QED) is 0.717. The van der Waals surface area contributed by atoms with Gasteiger partial charge < -0.3 is 15.2 Å². The van der Waals surface area contributed by atoms with Gasteiger partial charge in [-0.05, 0) is 55.9 Å². The van der Waals surface area contributed by atoms with Crippen LogP contribution in [0.4, 0.5) is 0 Å². The molecule has 6 nitrogen and oxygen atoms in total. The molecule has 136 valence electrons. The number of aromatic nitrogens is 1. The minimum Gasteiger partial charge on any atom is -0.480 e. The number of hydrogen-bond donors (Lipinski definition) is 2. The van der Waals surface area contributed by atoms with Crippen molar-refractivity contribution in [3.8, 4) is 5.88 Å². The molecule has 1 amide bonds. The molecule has 1 atom stereocenters. The van der Waals surface area contributed by atoms with E-state index in [2.05, 4.69) is 10.3 Å². The fraction of sp³-hybridized carbons (Fsp3) is 0.632. The average Bonchev–Trinajstić information content (AvgIpc) is 3.45. The summed E-state index contributed by atoms with van der Waals surface area (Å²) in [5, 5.41) is 11.9. The van der Waals surface area contributed by atoms with Gasteiger partial charge >= 0.3 is 5.97 Å². The number of hydrogen-bond acceptors (Lipinski definition) is 4. The maximum absolute atomic E-state index is 12.4. The summed E-state index contributed by atoms with van der Waals surface area (Å²) in [6, 6.07) is 2.66. The summed E-state index contributed by atoms with van der Waals surface area (Å²) in [6.07, 6.45) is 5.01. The Hall–Kier alpha value is -2.11. The molecule has 1 heterocycles. The van der Waals surface area contributed by atoms with Crippen molar-refractivity contribution in [2.45, 2.75) is 57.9 Å². The number of carboxylic acids is 1. The molecule has 2 fully saturated rings.